The minimum absolute atomic E-state index is 0.104. The summed E-state index contributed by atoms with van der Waals surface area (Å²) < 4.78 is 5.36. The van der Waals surface area contributed by atoms with Crippen molar-refractivity contribution in [3.8, 4) is 0 Å². The van der Waals surface area contributed by atoms with Crippen LogP contribution in [0.1, 0.15) is 22.3 Å². The molecule has 2 heterocycles. The maximum atomic E-state index is 12.2. The van der Waals surface area contributed by atoms with E-state index >= 15 is 0 Å². The molecule has 0 spiro atoms. The number of morpholine rings is 1. The molecule has 6 heteroatoms. The highest BCUT2D eigenvalue weighted by atomic mass is 16.5. The highest BCUT2D eigenvalue weighted by molar-refractivity contribution is 5.93. The van der Waals surface area contributed by atoms with Crippen LogP contribution in [-0.4, -0.2) is 62.1 Å². The van der Waals surface area contributed by atoms with Gasteiger partial charge in [0, 0.05) is 50.4 Å². The van der Waals surface area contributed by atoms with Crippen molar-refractivity contribution in [2.45, 2.75) is 13.0 Å². The second-order valence-corrected chi connectivity index (χ2v) is 6.41. The average molecular weight is 330 g/mol. The Bertz CT molecular complexity index is 579. The zero-order chi connectivity index (χ0) is 16.8. The first-order valence-electron chi connectivity index (χ1n) is 8.54. The van der Waals surface area contributed by atoms with E-state index in [-0.39, 0.29) is 5.91 Å². The lowest BCUT2D eigenvalue weighted by Gasteiger charge is -2.26. The van der Waals surface area contributed by atoms with E-state index in [0.29, 0.717) is 5.56 Å². The van der Waals surface area contributed by atoms with Crippen molar-refractivity contribution in [2.24, 2.45) is 0 Å². The molecule has 0 aromatic heterocycles. The Morgan fingerprint density at radius 3 is 2.58 bits per heavy atom. The molecule has 1 amide bonds. The summed E-state index contributed by atoms with van der Waals surface area (Å²) in [6.45, 7) is 6.37. The molecule has 6 nitrogen and oxygen atoms in total. The fourth-order valence-electron chi connectivity index (χ4n) is 2.87. The summed E-state index contributed by atoms with van der Waals surface area (Å²) in [6.07, 6.45) is 3.03. The number of ether oxygens (including phenoxy) is 1. The van der Waals surface area contributed by atoms with Crippen molar-refractivity contribution in [3.63, 3.8) is 0 Å². The van der Waals surface area contributed by atoms with E-state index in [9.17, 15) is 4.79 Å². The summed E-state index contributed by atoms with van der Waals surface area (Å²) in [4.78, 5) is 16.8. The fourth-order valence-corrected chi connectivity index (χ4v) is 2.87. The van der Waals surface area contributed by atoms with Gasteiger partial charge in [-0.15, -0.1) is 0 Å². The van der Waals surface area contributed by atoms with E-state index in [1.54, 1.807) is 0 Å². The lowest BCUT2D eigenvalue weighted by Crippen LogP contribution is -2.39. The molecule has 130 valence electrons. The smallest absolute Gasteiger partial charge is 0.269 e. The molecule has 0 saturated carbocycles. The Kier molecular flexibility index (Phi) is 5.85. The number of hydrogen-bond acceptors (Lipinski definition) is 5. The third-order valence-corrected chi connectivity index (χ3v) is 4.47. The third kappa shape index (κ3) is 4.80. The highest BCUT2D eigenvalue weighted by Crippen LogP contribution is 2.10. The molecule has 2 aliphatic rings. The average Bonchev–Trinajstić information content (AvgIpc) is 2.62. The summed E-state index contributed by atoms with van der Waals surface area (Å²) in [5.74, 6) is -0.104. The predicted octanol–water partition coefficient (Wildman–Crippen LogP) is 0.973. The van der Waals surface area contributed by atoms with Crippen LogP contribution in [-0.2, 0) is 11.3 Å². The van der Waals surface area contributed by atoms with E-state index in [4.69, 9.17) is 4.74 Å². The van der Waals surface area contributed by atoms with E-state index in [1.807, 2.05) is 24.3 Å². The molecule has 1 aromatic rings. The van der Waals surface area contributed by atoms with Crippen LogP contribution in [0.15, 0.2) is 36.0 Å². The van der Waals surface area contributed by atoms with Gasteiger partial charge in [-0.05, 0) is 30.8 Å². The van der Waals surface area contributed by atoms with Crippen LogP contribution >= 0.6 is 0 Å². The molecular weight excluding hydrogens is 304 g/mol. The minimum atomic E-state index is -0.104. The van der Waals surface area contributed by atoms with Crippen molar-refractivity contribution in [1.82, 2.24) is 20.7 Å². The van der Waals surface area contributed by atoms with E-state index in [2.05, 4.69) is 33.8 Å². The van der Waals surface area contributed by atoms with Gasteiger partial charge in [0.05, 0.1) is 13.2 Å². The zero-order valence-corrected chi connectivity index (χ0v) is 14.3. The minimum Gasteiger partial charge on any atom is -0.379 e. The summed E-state index contributed by atoms with van der Waals surface area (Å²) in [6, 6.07) is 7.82. The number of hydrogen-bond donors (Lipinski definition) is 2. The van der Waals surface area contributed by atoms with Crippen LogP contribution in [0, 0.1) is 0 Å². The van der Waals surface area contributed by atoms with Gasteiger partial charge in [-0.1, -0.05) is 12.1 Å². The summed E-state index contributed by atoms with van der Waals surface area (Å²) in [5, 5.41) is 0. The quantitative estimate of drug-likeness (QED) is 0.788. The number of amides is 1. The van der Waals surface area contributed by atoms with Crippen LogP contribution in [0.4, 0.5) is 0 Å². The predicted molar refractivity (Wildman–Crippen MR) is 93.3 cm³/mol. The molecule has 1 fully saturated rings. The summed E-state index contributed by atoms with van der Waals surface area (Å²) in [7, 11) is 2.09. The van der Waals surface area contributed by atoms with Crippen molar-refractivity contribution >= 4 is 5.91 Å². The molecule has 2 N–H and O–H groups in total. The van der Waals surface area contributed by atoms with E-state index < -0.39 is 0 Å². The first kappa shape index (κ1) is 17.0. The van der Waals surface area contributed by atoms with Gasteiger partial charge < -0.3 is 15.1 Å². The molecule has 0 bridgehead atoms. The maximum absolute atomic E-state index is 12.2. The Morgan fingerprint density at radius 2 is 1.92 bits per heavy atom. The van der Waals surface area contributed by atoms with E-state index in [1.165, 1.54) is 5.56 Å². The molecular formula is C18H26N4O2. The number of likely N-dealkylation sites (N-methyl/N-ethyl adjacent to an activating group) is 1. The number of rotatable bonds is 5. The molecule has 1 aromatic carbocycles. The Morgan fingerprint density at radius 1 is 1.17 bits per heavy atom. The molecule has 3 rings (SSSR count). The van der Waals surface area contributed by atoms with Gasteiger partial charge in [0.1, 0.15) is 0 Å². The van der Waals surface area contributed by atoms with Crippen LogP contribution < -0.4 is 10.9 Å². The fraction of sp³-hybridized carbons (Fsp3) is 0.500. The van der Waals surface area contributed by atoms with Crippen LogP contribution in [0.25, 0.3) is 0 Å². The zero-order valence-electron chi connectivity index (χ0n) is 14.3. The van der Waals surface area contributed by atoms with Gasteiger partial charge in [0.25, 0.3) is 5.91 Å². The maximum Gasteiger partial charge on any atom is 0.269 e. The Balaban J connectivity index is 1.48. The monoisotopic (exact) mass is 330 g/mol. The summed E-state index contributed by atoms with van der Waals surface area (Å²) in [5.41, 5.74) is 8.78. The van der Waals surface area contributed by atoms with Crippen molar-refractivity contribution in [1.29, 1.82) is 0 Å². The van der Waals surface area contributed by atoms with E-state index in [0.717, 1.165) is 58.1 Å². The second kappa shape index (κ2) is 8.28. The highest BCUT2D eigenvalue weighted by Gasteiger charge is 2.12. The molecule has 1 saturated heterocycles. The number of carbonyl (C=O) groups excluding carboxylic acids is 1. The Hall–Kier alpha value is -1.89. The van der Waals surface area contributed by atoms with Gasteiger partial charge in [-0.2, -0.15) is 0 Å². The first-order chi connectivity index (χ1) is 11.7. The number of hydrazine groups is 1. The van der Waals surface area contributed by atoms with Gasteiger partial charge >= 0.3 is 0 Å². The lowest BCUT2D eigenvalue weighted by atomic mass is 10.1. The standard InChI is InChI=1S/C18H26N4O2/c1-21-8-6-17(7-9-21)19-20-18(23)16-4-2-15(3-5-16)14-22-10-12-24-13-11-22/h2-6,19H,7-14H2,1H3,(H,20,23). The summed E-state index contributed by atoms with van der Waals surface area (Å²) >= 11 is 0. The number of nitrogens with zero attached hydrogens (tertiary/aromatic N) is 2. The van der Waals surface area contributed by atoms with Crippen molar-refractivity contribution in [2.75, 3.05) is 46.4 Å². The van der Waals surface area contributed by atoms with Crippen LogP contribution in [0.5, 0.6) is 0 Å². The number of benzene rings is 1. The SMILES string of the molecule is CN1CC=C(NNC(=O)c2ccc(CN3CCOCC3)cc2)CC1. The van der Waals surface area contributed by atoms with Crippen molar-refractivity contribution in [3.05, 3.63) is 47.2 Å². The van der Waals surface area contributed by atoms with Crippen molar-refractivity contribution < 1.29 is 9.53 Å². The molecule has 0 atom stereocenters. The molecule has 0 aliphatic carbocycles. The molecule has 0 radical (unpaired) electrons. The van der Waals surface area contributed by atoms with Gasteiger partial charge in [-0.25, -0.2) is 0 Å². The van der Waals surface area contributed by atoms with Gasteiger partial charge in [0.2, 0.25) is 0 Å². The van der Waals surface area contributed by atoms with Gasteiger partial charge in [-0.3, -0.25) is 15.1 Å². The normalized spacial score (nSPS) is 19.6. The number of carbonyl (C=O) groups is 1. The molecule has 2 aliphatic heterocycles. The molecule has 0 unspecified atom stereocenters. The van der Waals surface area contributed by atoms with Crippen LogP contribution in [0.2, 0.25) is 0 Å². The largest absolute Gasteiger partial charge is 0.379 e. The van der Waals surface area contributed by atoms with Gasteiger partial charge in [0.15, 0.2) is 0 Å². The first-order valence-corrected chi connectivity index (χ1v) is 8.54. The topological polar surface area (TPSA) is 56.8 Å². The molecule has 24 heavy (non-hydrogen) atoms. The van der Waals surface area contributed by atoms with Crippen LogP contribution in [0.3, 0.4) is 0 Å². The second-order valence-electron chi connectivity index (χ2n) is 6.41. The lowest BCUT2D eigenvalue weighted by molar-refractivity contribution is 0.0342. The number of nitrogens with one attached hydrogen (secondary N) is 2. The Labute approximate surface area is 143 Å². The third-order valence-electron chi connectivity index (χ3n) is 4.47.